The van der Waals surface area contributed by atoms with E-state index < -0.39 is 12.1 Å². The third-order valence-electron chi connectivity index (χ3n) is 3.09. The Bertz CT molecular complexity index is 467. The first-order chi connectivity index (χ1) is 8.95. The summed E-state index contributed by atoms with van der Waals surface area (Å²) in [7, 11) is 0. The predicted molar refractivity (Wildman–Crippen MR) is 71.6 cm³/mol. The van der Waals surface area contributed by atoms with Gasteiger partial charge in [0.05, 0.1) is 12.5 Å². The second-order valence-electron chi connectivity index (χ2n) is 4.63. The molecule has 2 N–H and O–H groups in total. The highest BCUT2D eigenvalue weighted by Crippen LogP contribution is 2.32. The number of cyclic esters (lactones) is 1. The molecule has 4 nitrogen and oxygen atoms in total. The zero-order valence-electron chi connectivity index (χ0n) is 10.1. The Morgan fingerprint density at radius 1 is 1.37 bits per heavy atom. The average molecular weight is 305 g/mol. The van der Waals surface area contributed by atoms with Crippen molar-refractivity contribution in [2.75, 3.05) is 0 Å². The van der Waals surface area contributed by atoms with E-state index in [2.05, 4.69) is 0 Å². The molecule has 6 heteroatoms. The molecule has 104 valence electrons. The van der Waals surface area contributed by atoms with Gasteiger partial charge in [-0.3, -0.25) is 4.79 Å². The summed E-state index contributed by atoms with van der Waals surface area (Å²) in [5, 5.41) is 20.0. The molecule has 1 aliphatic rings. The Hall–Kier alpha value is -0.970. The van der Waals surface area contributed by atoms with Crippen molar-refractivity contribution in [3.8, 4) is 5.75 Å². The Morgan fingerprint density at radius 2 is 2.11 bits per heavy atom. The highest BCUT2D eigenvalue weighted by molar-refractivity contribution is 6.35. The summed E-state index contributed by atoms with van der Waals surface area (Å²) in [6.07, 6.45) is 0.411. The predicted octanol–water partition coefficient (Wildman–Crippen LogP) is 2.70. The highest BCUT2D eigenvalue weighted by Gasteiger charge is 2.27. The van der Waals surface area contributed by atoms with E-state index in [0.29, 0.717) is 34.9 Å². The number of esters is 1. The number of phenolic OH excluding ortho intramolecular Hbond substituents is 1. The molecule has 0 bridgehead atoms. The zero-order chi connectivity index (χ0) is 14.0. The molecule has 1 heterocycles. The van der Waals surface area contributed by atoms with Gasteiger partial charge in [-0.05, 0) is 25.0 Å². The monoisotopic (exact) mass is 304 g/mol. The van der Waals surface area contributed by atoms with Crippen LogP contribution in [0.4, 0.5) is 0 Å². The Morgan fingerprint density at radius 3 is 2.74 bits per heavy atom. The van der Waals surface area contributed by atoms with Gasteiger partial charge in [0.2, 0.25) is 0 Å². The number of hydrogen-bond donors (Lipinski definition) is 2. The maximum Gasteiger partial charge on any atom is 0.308 e. The molecular formula is C13H14Cl2O4. The molecule has 19 heavy (non-hydrogen) atoms. The number of aliphatic hydroxyl groups excluding tert-OH is 1. The van der Waals surface area contributed by atoms with Gasteiger partial charge < -0.3 is 14.9 Å². The summed E-state index contributed by atoms with van der Waals surface area (Å²) < 4.78 is 5.13. The highest BCUT2D eigenvalue weighted by atomic mass is 35.5. The van der Waals surface area contributed by atoms with Crippen molar-refractivity contribution in [2.45, 2.75) is 37.9 Å². The van der Waals surface area contributed by atoms with Crippen LogP contribution in [-0.2, 0) is 16.0 Å². The van der Waals surface area contributed by atoms with Crippen LogP contribution in [0, 0.1) is 0 Å². The summed E-state index contributed by atoms with van der Waals surface area (Å²) in [5.74, 6) is -0.365. The van der Waals surface area contributed by atoms with Gasteiger partial charge in [0.15, 0.2) is 0 Å². The second kappa shape index (κ2) is 5.99. The van der Waals surface area contributed by atoms with Crippen molar-refractivity contribution < 1.29 is 19.7 Å². The van der Waals surface area contributed by atoms with Crippen LogP contribution in [0.2, 0.25) is 10.0 Å². The topological polar surface area (TPSA) is 66.8 Å². The molecule has 0 saturated carbocycles. The number of ether oxygens (including phenoxy) is 1. The maximum atomic E-state index is 11.2. The summed E-state index contributed by atoms with van der Waals surface area (Å²) in [6.45, 7) is 0. The fourth-order valence-corrected chi connectivity index (χ4v) is 2.76. The fraction of sp³-hybridized carbons (Fsp3) is 0.462. The Balaban J connectivity index is 2.01. The molecule has 1 aliphatic heterocycles. The van der Waals surface area contributed by atoms with E-state index in [0.717, 1.165) is 0 Å². The average Bonchev–Trinajstić information content (AvgIpc) is 2.25. The van der Waals surface area contributed by atoms with Gasteiger partial charge in [-0.2, -0.15) is 0 Å². The van der Waals surface area contributed by atoms with Gasteiger partial charge in [-0.1, -0.05) is 23.2 Å². The lowest BCUT2D eigenvalue weighted by atomic mass is 9.99. The first-order valence-electron chi connectivity index (χ1n) is 6.00. The minimum Gasteiger partial charge on any atom is -0.508 e. The quantitative estimate of drug-likeness (QED) is 0.843. The molecular weight excluding hydrogens is 291 g/mol. The third-order valence-corrected chi connectivity index (χ3v) is 3.64. The zero-order valence-corrected chi connectivity index (χ0v) is 11.6. The van der Waals surface area contributed by atoms with E-state index in [-0.39, 0.29) is 18.3 Å². The minimum absolute atomic E-state index is 0.0279. The number of carbonyl (C=O) groups excluding carboxylic acids is 1. The van der Waals surface area contributed by atoms with Gasteiger partial charge in [0, 0.05) is 22.0 Å². The van der Waals surface area contributed by atoms with Crippen LogP contribution in [-0.4, -0.2) is 28.4 Å². The van der Waals surface area contributed by atoms with Crippen molar-refractivity contribution in [3.05, 3.63) is 27.7 Å². The Labute approximate surface area is 120 Å². The lowest BCUT2D eigenvalue weighted by Crippen LogP contribution is -2.32. The van der Waals surface area contributed by atoms with Crippen LogP contribution in [0.5, 0.6) is 5.75 Å². The molecule has 0 aromatic heterocycles. The summed E-state index contributed by atoms with van der Waals surface area (Å²) in [4.78, 5) is 11.2. The van der Waals surface area contributed by atoms with E-state index in [1.165, 1.54) is 6.07 Å². The number of halogens is 2. The van der Waals surface area contributed by atoms with Gasteiger partial charge in [0.25, 0.3) is 0 Å². The minimum atomic E-state index is -0.652. The number of phenols is 1. The van der Waals surface area contributed by atoms with Crippen molar-refractivity contribution in [3.63, 3.8) is 0 Å². The van der Waals surface area contributed by atoms with Gasteiger partial charge in [-0.25, -0.2) is 0 Å². The van der Waals surface area contributed by atoms with E-state index in [1.54, 1.807) is 6.07 Å². The fourth-order valence-electron chi connectivity index (χ4n) is 2.18. The summed E-state index contributed by atoms with van der Waals surface area (Å²) in [5.41, 5.74) is 0.571. The van der Waals surface area contributed by atoms with Crippen LogP contribution in [0.1, 0.15) is 24.8 Å². The molecule has 1 saturated heterocycles. The molecule has 2 rings (SSSR count). The van der Waals surface area contributed by atoms with Crippen molar-refractivity contribution >= 4 is 29.2 Å². The summed E-state index contributed by atoms with van der Waals surface area (Å²) in [6, 6.07) is 2.98. The van der Waals surface area contributed by atoms with Crippen LogP contribution in [0.3, 0.4) is 0 Å². The maximum absolute atomic E-state index is 11.2. The van der Waals surface area contributed by atoms with Crippen LogP contribution in [0.25, 0.3) is 0 Å². The number of benzene rings is 1. The molecule has 1 aromatic carbocycles. The van der Waals surface area contributed by atoms with Gasteiger partial charge in [0.1, 0.15) is 11.9 Å². The standard InChI is InChI=1S/C13H14Cl2O4/c14-7-3-11(15)10(12(17)4-7)2-1-9-5-8(16)6-13(18)19-9/h3-4,8-9,16-17H,1-2,5-6H2/t8-,9-/m1/s1. The van der Waals surface area contributed by atoms with E-state index in [4.69, 9.17) is 27.9 Å². The van der Waals surface area contributed by atoms with Crippen LogP contribution in [0.15, 0.2) is 12.1 Å². The number of hydrogen-bond acceptors (Lipinski definition) is 4. The lowest BCUT2D eigenvalue weighted by molar-refractivity contribution is -0.160. The Kier molecular flexibility index (Phi) is 4.55. The first kappa shape index (κ1) is 14.4. The number of aromatic hydroxyl groups is 1. The van der Waals surface area contributed by atoms with Crippen LogP contribution < -0.4 is 0 Å². The number of rotatable bonds is 3. The van der Waals surface area contributed by atoms with Gasteiger partial charge in [-0.15, -0.1) is 0 Å². The molecule has 1 aromatic rings. The number of carbonyl (C=O) groups is 1. The van der Waals surface area contributed by atoms with Gasteiger partial charge >= 0.3 is 5.97 Å². The third kappa shape index (κ3) is 3.75. The second-order valence-corrected chi connectivity index (χ2v) is 5.47. The molecule has 2 atom stereocenters. The molecule has 0 amide bonds. The van der Waals surface area contributed by atoms with Crippen LogP contribution >= 0.6 is 23.2 Å². The smallest absolute Gasteiger partial charge is 0.308 e. The molecule has 0 spiro atoms. The van der Waals surface area contributed by atoms with Crippen molar-refractivity contribution in [2.24, 2.45) is 0 Å². The summed E-state index contributed by atoms with van der Waals surface area (Å²) >= 11 is 11.8. The van der Waals surface area contributed by atoms with E-state index >= 15 is 0 Å². The normalized spacial score (nSPS) is 23.2. The SMILES string of the molecule is O=C1C[C@H](O)C[C@@H](CCc2c(O)cc(Cl)cc2Cl)O1. The lowest BCUT2D eigenvalue weighted by Gasteiger charge is -2.26. The largest absolute Gasteiger partial charge is 0.508 e. The van der Waals surface area contributed by atoms with Crippen molar-refractivity contribution in [1.29, 1.82) is 0 Å². The first-order valence-corrected chi connectivity index (χ1v) is 6.75. The molecule has 0 aliphatic carbocycles. The molecule has 0 unspecified atom stereocenters. The van der Waals surface area contributed by atoms with E-state index in [1.807, 2.05) is 0 Å². The number of aliphatic hydroxyl groups is 1. The van der Waals surface area contributed by atoms with E-state index in [9.17, 15) is 15.0 Å². The molecule has 0 radical (unpaired) electrons. The molecule has 1 fully saturated rings. The van der Waals surface area contributed by atoms with Crippen molar-refractivity contribution in [1.82, 2.24) is 0 Å².